The molecule has 0 heterocycles. The summed E-state index contributed by atoms with van der Waals surface area (Å²) >= 11 is 0. The van der Waals surface area contributed by atoms with E-state index in [4.69, 9.17) is 15.9 Å². The van der Waals surface area contributed by atoms with Crippen molar-refractivity contribution >= 4 is 11.9 Å². The van der Waals surface area contributed by atoms with Crippen molar-refractivity contribution in [2.45, 2.75) is 32.7 Å². The minimum Gasteiger partial charge on any atom is -0.480 e. The van der Waals surface area contributed by atoms with Crippen LogP contribution in [0.15, 0.2) is 0 Å². The van der Waals surface area contributed by atoms with Crippen molar-refractivity contribution in [3.8, 4) is 0 Å². The summed E-state index contributed by atoms with van der Waals surface area (Å²) in [7, 11) is 0. The van der Waals surface area contributed by atoms with Crippen LogP contribution >= 0.6 is 0 Å². The van der Waals surface area contributed by atoms with Gasteiger partial charge in [-0.25, -0.2) is 4.79 Å². The number of aliphatic hydroxyl groups excluding tert-OH is 1. The Hall–Kier alpha value is -1.14. The van der Waals surface area contributed by atoms with Crippen molar-refractivity contribution in [2.24, 2.45) is 17.6 Å². The molecule has 0 aromatic rings. The van der Waals surface area contributed by atoms with Gasteiger partial charge in [0.25, 0.3) is 0 Å². The monoisotopic (exact) mass is 246 g/mol. The van der Waals surface area contributed by atoms with E-state index in [-0.39, 0.29) is 18.2 Å². The van der Waals surface area contributed by atoms with Crippen molar-refractivity contribution < 1.29 is 19.8 Å². The lowest BCUT2D eigenvalue weighted by Gasteiger charge is -2.18. The average molecular weight is 246 g/mol. The summed E-state index contributed by atoms with van der Waals surface area (Å²) in [5.74, 6) is -1.15. The van der Waals surface area contributed by atoms with E-state index in [1.807, 2.05) is 13.8 Å². The molecule has 0 aliphatic carbocycles. The predicted octanol–water partition coefficient (Wildman–Crippen LogP) is -0.441. The average Bonchev–Trinajstić information content (AvgIpc) is 2.23. The molecule has 0 radical (unpaired) electrons. The summed E-state index contributed by atoms with van der Waals surface area (Å²) in [5.41, 5.74) is 5.55. The van der Waals surface area contributed by atoms with Crippen LogP contribution in [-0.4, -0.2) is 41.3 Å². The van der Waals surface area contributed by atoms with Crippen molar-refractivity contribution in [1.29, 1.82) is 0 Å². The largest absolute Gasteiger partial charge is 0.480 e. The van der Waals surface area contributed by atoms with Gasteiger partial charge in [0.2, 0.25) is 5.91 Å². The third kappa shape index (κ3) is 6.91. The van der Waals surface area contributed by atoms with E-state index in [9.17, 15) is 9.59 Å². The van der Waals surface area contributed by atoms with Gasteiger partial charge in [0, 0.05) is 6.42 Å². The SMILES string of the molecule is CC(C)C[C@H](CN)CC(=O)N[C@@H](CO)C(=O)O. The normalized spacial score (nSPS) is 14.4. The van der Waals surface area contributed by atoms with Gasteiger partial charge >= 0.3 is 5.97 Å². The molecular weight excluding hydrogens is 224 g/mol. The number of nitrogens with one attached hydrogen (secondary N) is 1. The molecule has 2 atom stereocenters. The molecule has 0 rings (SSSR count). The van der Waals surface area contributed by atoms with Crippen LogP contribution in [0.25, 0.3) is 0 Å². The molecule has 0 aliphatic rings. The number of amides is 1. The number of nitrogens with two attached hydrogens (primary N) is 1. The number of carboxylic acid groups (broad SMARTS) is 1. The quantitative estimate of drug-likeness (QED) is 0.464. The second-order valence-electron chi connectivity index (χ2n) is 4.58. The molecule has 1 amide bonds. The van der Waals surface area contributed by atoms with Crippen molar-refractivity contribution in [2.75, 3.05) is 13.2 Å². The van der Waals surface area contributed by atoms with E-state index < -0.39 is 18.6 Å². The third-order valence-electron chi connectivity index (χ3n) is 2.43. The smallest absolute Gasteiger partial charge is 0.328 e. The second kappa shape index (κ2) is 8.03. The second-order valence-corrected chi connectivity index (χ2v) is 4.58. The maximum Gasteiger partial charge on any atom is 0.328 e. The van der Waals surface area contributed by atoms with E-state index in [2.05, 4.69) is 5.32 Å². The van der Waals surface area contributed by atoms with Crippen LogP contribution < -0.4 is 11.1 Å². The van der Waals surface area contributed by atoms with Crippen LogP contribution in [0.1, 0.15) is 26.7 Å². The van der Waals surface area contributed by atoms with Gasteiger partial charge in [-0.2, -0.15) is 0 Å². The molecule has 0 aliphatic heterocycles. The van der Waals surface area contributed by atoms with E-state index in [0.29, 0.717) is 12.5 Å². The molecule has 0 aromatic heterocycles. The zero-order valence-corrected chi connectivity index (χ0v) is 10.3. The topological polar surface area (TPSA) is 113 Å². The lowest BCUT2D eigenvalue weighted by atomic mass is 9.94. The van der Waals surface area contributed by atoms with Crippen molar-refractivity contribution in [3.05, 3.63) is 0 Å². The number of hydrogen-bond donors (Lipinski definition) is 4. The standard InChI is InChI=1S/C11H22N2O4/c1-7(2)3-8(5-12)4-10(15)13-9(6-14)11(16)17/h7-9,14H,3-6,12H2,1-2H3,(H,13,15)(H,16,17)/t8-,9-/m0/s1. The Kier molecular flexibility index (Phi) is 7.49. The number of carbonyl (C=O) groups excluding carboxylic acids is 1. The molecule has 0 spiro atoms. The highest BCUT2D eigenvalue weighted by atomic mass is 16.4. The van der Waals surface area contributed by atoms with Crippen LogP contribution in [0, 0.1) is 11.8 Å². The Balaban J connectivity index is 4.18. The summed E-state index contributed by atoms with van der Waals surface area (Å²) in [6, 6.07) is -1.24. The fourth-order valence-corrected chi connectivity index (χ4v) is 1.63. The molecule has 0 unspecified atom stereocenters. The van der Waals surface area contributed by atoms with Gasteiger partial charge in [-0.15, -0.1) is 0 Å². The maximum absolute atomic E-state index is 11.5. The zero-order chi connectivity index (χ0) is 13.4. The molecule has 0 saturated heterocycles. The predicted molar refractivity (Wildman–Crippen MR) is 63.3 cm³/mol. The highest BCUT2D eigenvalue weighted by molar-refractivity contribution is 5.83. The summed E-state index contributed by atoms with van der Waals surface area (Å²) in [6.07, 6.45) is 1.01. The van der Waals surface area contributed by atoms with Gasteiger partial charge < -0.3 is 21.3 Å². The van der Waals surface area contributed by atoms with Crippen LogP contribution in [-0.2, 0) is 9.59 Å². The van der Waals surface area contributed by atoms with Gasteiger partial charge in [0.1, 0.15) is 6.04 Å². The number of aliphatic hydroxyl groups is 1. The first-order chi connectivity index (χ1) is 7.90. The number of carboxylic acids is 1. The molecule has 0 bridgehead atoms. The Bertz CT molecular complexity index is 256. The Morgan fingerprint density at radius 3 is 2.29 bits per heavy atom. The molecule has 0 saturated carbocycles. The van der Waals surface area contributed by atoms with Gasteiger partial charge in [0.15, 0.2) is 0 Å². The number of carbonyl (C=O) groups is 2. The highest BCUT2D eigenvalue weighted by Crippen LogP contribution is 2.14. The lowest BCUT2D eigenvalue weighted by molar-refractivity contribution is -0.143. The van der Waals surface area contributed by atoms with E-state index in [1.54, 1.807) is 0 Å². The number of aliphatic carboxylic acids is 1. The highest BCUT2D eigenvalue weighted by Gasteiger charge is 2.21. The van der Waals surface area contributed by atoms with E-state index in [0.717, 1.165) is 6.42 Å². The fourth-order valence-electron chi connectivity index (χ4n) is 1.63. The molecule has 5 N–H and O–H groups in total. The molecule has 17 heavy (non-hydrogen) atoms. The molecule has 0 aromatic carbocycles. The Morgan fingerprint density at radius 1 is 1.35 bits per heavy atom. The molecule has 6 heteroatoms. The molecular formula is C11H22N2O4. The molecule has 100 valence electrons. The Morgan fingerprint density at radius 2 is 1.94 bits per heavy atom. The van der Waals surface area contributed by atoms with Gasteiger partial charge in [-0.1, -0.05) is 13.8 Å². The Labute approximate surface area is 101 Å². The first-order valence-corrected chi connectivity index (χ1v) is 5.73. The first kappa shape index (κ1) is 15.9. The first-order valence-electron chi connectivity index (χ1n) is 5.73. The van der Waals surface area contributed by atoms with Crippen LogP contribution in [0.4, 0.5) is 0 Å². The van der Waals surface area contributed by atoms with Gasteiger partial charge in [-0.05, 0) is 24.8 Å². The summed E-state index contributed by atoms with van der Waals surface area (Å²) in [5, 5.41) is 19.7. The molecule has 6 nitrogen and oxygen atoms in total. The zero-order valence-electron chi connectivity index (χ0n) is 10.3. The van der Waals surface area contributed by atoms with Gasteiger partial charge in [-0.3, -0.25) is 4.79 Å². The van der Waals surface area contributed by atoms with Crippen LogP contribution in [0.3, 0.4) is 0 Å². The van der Waals surface area contributed by atoms with Crippen molar-refractivity contribution in [3.63, 3.8) is 0 Å². The van der Waals surface area contributed by atoms with Crippen LogP contribution in [0.5, 0.6) is 0 Å². The van der Waals surface area contributed by atoms with Gasteiger partial charge in [0.05, 0.1) is 6.61 Å². The minimum atomic E-state index is -1.24. The van der Waals surface area contributed by atoms with Crippen molar-refractivity contribution in [1.82, 2.24) is 5.32 Å². The summed E-state index contributed by atoms with van der Waals surface area (Å²) < 4.78 is 0. The minimum absolute atomic E-state index is 0.0446. The van der Waals surface area contributed by atoms with Crippen LogP contribution in [0.2, 0.25) is 0 Å². The maximum atomic E-state index is 11.5. The number of rotatable bonds is 8. The van der Waals surface area contributed by atoms with E-state index >= 15 is 0 Å². The fraction of sp³-hybridized carbons (Fsp3) is 0.818. The lowest BCUT2D eigenvalue weighted by Crippen LogP contribution is -2.44. The van der Waals surface area contributed by atoms with E-state index in [1.165, 1.54) is 0 Å². The summed E-state index contributed by atoms with van der Waals surface area (Å²) in [4.78, 5) is 22.1. The number of hydrogen-bond acceptors (Lipinski definition) is 4. The summed E-state index contributed by atoms with van der Waals surface area (Å²) in [6.45, 7) is 3.85. The molecule has 0 fully saturated rings. The third-order valence-corrected chi connectivity index (χ3v) is 2.43.